The van der Waals surface area contributed by atoms with Crippen molar-refractivity contribution in [2.75, 3.05) is 19.8 Å². The van der Waals surface area contributed by atoms with Gasteiger partial charge in [-0.15, -0.1) is 0 Å². The van der Waals surface area contributed by atoms with E-state index >= 15 is 0 Å². The van der Waals surface area contributed by atoms with Crippen molar-refractivity contribution >= 4 is 5.91 Å². The fraction of sp³-hybridized carbons (Fsp3) is 0.533. The Labute approximate surface area is 122 Å². The third-order valence-corrected chi connectivity index (χ3v) is 3.73. The molecule has 0 aromatic heterocycles. The van der Waals surface area contributed by atoms with Crippen molar-refractivity contribution in [3.8, 4) is 0 Å². The summed E-state index contributed by atoms with van der Waals surface area (Å²) in [5.41, 5.74) is -0.585. The Morgan fingerprint density at radius 1 is 1.33 bits per heavy atom. The standard InChI is InChI=1S/C15H19F2NO3/c16-11-2-1-3-12(17)14(11)15(20)18-7-4-13(19)10-5-8-21-9-6-10/h1-3,10,13,19H,4-9H2,(H,18,20)/t13-/m0/s1. The molecule has 0 radical (unpaired) electrons. The Bertz CT molecular complexity index is 470. The minimum absolute atomic E-state index is 0.154. The largest absolute Gasteiger partial charge is 0.393 e. The summed E-state index contributed by atoms with van der Waals surface area (Å²) in [6.45, 7) is 1.44. The first-order valence-corrected chi connectivity index (χ1v) is 7.07. The molecule has 1 aliphatic rings. The molecule has 2 N–H and O–H groups in total. The molecule has 2 rings (SSSR count). The lowest BCUT2D eigenvalue weighted by Gasteiger charge is -2.26. The van der Waals surface area contributed by atoms with Gasteiger partial charge in [0, 0.05) is 19.8 Å². The highest BCUT2D eigenvalue weighted by Crippen LogP contribution is 2.20. The van der Waals surface area contributed by atoms with Gasteiger partial charge in [-0.1, -0.05) is 6.07 Å². The number of rotatable bonds is 5. The number of nitrogens with one attached hydrogen (secondary N) is 1. The molecule has 1 fully saturated rings. The van der Waals surface area contributed by atoms with Gasteiger partial charge in [0.2, 0.25) is 0 Å². The van der Waals surface area contributed by atoms with Crippen LogP contribution in [0.1, 0.15) is 29.6 Å². The number of hydrogen-bond acceptors (Lipinski definition) is 3. The quantitative estimate of drug-likeness (QED) is 0.872. The lowest BCUT2D eigenvalue weighted by molar-refractivity contribution is 0.00527. The first kappa shape index (κ1) is 15.9. The molecule has 1 heterocycles. The van der Waals surface area contributed by atoms with E-state index in [1.54, 1.807) is 0 Å². The maximum Gasteiger partial charge on any atom is 0.257 e. The highest BCUT2D eigenvalue weighted by atomic mass is 19.1. The van der Waals surface area contributed by atoms with E-state index in [4.69, 9.17) is 4.74 Å². The van der Waals surface area contributed by atoms with Crippen molar-refractivity contribution in [1.82, 2.24) is 5.32 Å². The molecule has 1 aliphatic heterocycles. The van der Waals surface area contributed by atoms with Crippen molar-refractivity contribution < 1.29 is 23.4 Å². The molecule has 1 saturated heterocycles. The summed E-state index contributed by atoms with van der Waals surface area (Å²) in [5, 5.41) is 12.5. The zero-order chi connectivity index (χ0) is 15.2. The monoisotopic (exact) mass is 299 g/mol. The summed E-state index contributed by atoms with van der Waals surface area (Å²) >= 11 is 0. The van der Waals surface area contributed by atoms with Gasteiger partial charge in [0.25, 0.3) is 5.91 Å². The van der Waals surface area contributed by atoms with Gasteiger partial charge in [0.05, 0.1) is 6.10 Å². The summed E-state index contributed by atoms with van der Waals surface area (Å²) in [5.74, 6) is -2.43. The normalized spacial score (nSPS) is 17.5. The van der Waals surface area contributed by atoms with E-state index in [1.807, 2.05) is 0 Å². The first-order chi connectivity index (χ1) is 10.1. The summed E-state index contributed by atoms with van der Waals surface area (Å²) < 4.78 is 32.0. The number of hydrogen-bond donors (Lipinski definition) is 2. The van der Waals surface area contributed by atoms with E-state index in [0.717, 1.165) is 25.0 Å². The van der Waals surface area contributed by atoms with Crippen LogP contribution in [-0.2, 0) is 4.74 Å². The van der Waals surface area contributed by atoms with Crippen LogP contribution in [0.25, 0.3) is 0 Å². The predicted molar refractivity (Wildman–Crippen MR) is 72.9 cm³/mol. The van der Waals surface area contributed by atoms with Crippen molar-refractivity contribution in [1.29, 1.82) is 0 Å². The molecular weight excluding hydrogens is 280 g/mol. The smallest absolute Gasteiger partial charge is 0.257 e. The lowest BCUT2D eigenvalue weighted by Crippen LogP contribution is -2.33. The van der Waals surface area contributed by atoms with E-state index in [0.29, 0.717) is 19.6 Å². The van der Waals surface area contributed by atoms with Crippen molar-refractivity contribution in [3.05, 3.63) is 35.4 Å². The first-order valence-electron chi connectivity index (χ1n) is 7.07. The highest BCUT2D eigenvalue weighted by Gasteiger charge is 2.22. The number of ether oxygens (including phenoxy) is 1. The van der Waals surface area contributed by atoms with Crippen LogP contribution in [0.2, 0.25) is 0 Å². The maximum atomic E-state index is 13.4. The molecular formula is C15H19F2NO3. The van der Waals surface area contributed by atoms with Gasteiger partial charge in [-0.2, -0.15) is 0 Å². The van der Waals surface area contributed by atoms with E-state index in [2.05, 4.69) is 5.32 Å². The molecule has 0 unspecified atom stereocenters. The fourth-order valence-electron chi connectivity index (χ4n) is 2.47. The average Bonchev–Trinajstić information content (AvgIpc) is 2.48. The van der Waals surface area contributed by atoms with Crippen molar-refractivity contribution in [2.24, 2.45) is 5.92 Å². The van der Waals surface area contributed by atoms with Gasteiger partial charge in [0.1, 0.15) is 17.2 Å². The van der Waals surface area contributed by atoms with Gasteiger partial charge in [-0.05, 0) is 37.3 Å². The number of halogens is 2. The second-order valence-electron chi connectivity index (χ2n) is 5.16. The molecule has 1 aromatic rings. The summed E-state index contributed by atoms with van der Waals surface area (Å²) in [4.78, 5) is 11.8. The average molecular weight is 299 g/mol. The molecule has 4 nitrogen and oxygen atoms in total. The molecule has 0 bridgehead atoms. The number of amides is 1. The zero-order valence-electron chi connectivity index (χ0n) is 11.6. The van der Waals surface area contributed by atoms with E-state index < -0.39 is 29.2 Å². The van der Waals surface area contributed by atoms with Gasteiger partial charge in [-0.25, -0.2) is 8.78 Å². The van der Waals surface area contributed by atoms with Crippen LogP contribution >= 0.6 is 0 Å². The lowest BCUT2D eigenvalue weighted by atomic mass is 9.92. The van der Waals surface area contributed by atoms with Crippen LogP contribution < -0.4 is 5.32 Å². The number of benzene rings is 1. The van der Waals surface area contributed by atoms with Gasteiger partial charge in [0.15, 0.2) is 0 Å². The van der Waals surface area contributed by atoms with E-state index in [1.165, 1.54) is 6.07 Å². The molecule has 6 heteroatoms. The second-order valence-corrected chi connectivity index (χ2v) is 5.16. The Morgan fingerprint density at radius 2 is 1.95 bits per heavy atom. The third-order valence-electron chi connectivity index (χ3n) is 3.73. The highest BCUT2D eigenvalue weighted by molar-refractivity contribution is 5.94. The topological polar surface area (TPSA) is 58.6 Å². The summed E-state index contributed by atoms with van der Waals surface area (Å²) in [6.07, 6.45) is 1.39. The summed E-state index contributed by atoms with van der Waals surface area (Å²) in [7, 11) is 0. The zero-order valence-corrected chi connectivity index (χ0v) is 11.6. The molecule has 21 heavy (non-hydrogen) atoms. The van der Waals surface area contributed by atoms with Crippen molar-refractivity contribution in [3.63, 3.8) is 0 Å². The molecule has 0 aliphatic carbocycles. The molecule has 0 spiro atoms. The third kappa shape index (κ3) is 4.22. The molecule has 0 saturated carbocycles. The van der Waals surface area contributed by atoms with Crippen LogP contribution in [0.5, 0.6) is 0 Å². The maximum absolute atomic E-state index is 13.4. The van der Waals surface area contributed by atoms with E-state index in [9.17, 15) is 18.7 Å². The Balaban J connectivity index is 1.81. The molecule has 116 valence electrons. The minimum Gasteiger partial charge on any atom is -0.393 e. The van der Waals surface area contributed by atoms with Crippen LogP contribution in [0.4, 0.5) is 8.78 Å². The Kier molecular flexibility index (Phi) is 5.64. The van der Waals surface area contributed by atoms with Crippen LogP contribution in [0.3, 0.4) is 0 Å². The fourth-order valence-corrected chi connectivity index (χ4v) is 2.47. The number of aliphatic hydroxyl groups excluding tert-OH is 1. The van der Waals surface area contributed by atoms with Gasteiger partial charge < -0.3 is 15.2 Å². The Morgan fingerprint density at radius 3 is 2.57 bits per heavy atom. The number of carbonyl (C=O) groups is 1. The van der Waals surface area contributed by atoms with Crippen LogP contribution in [0.15, 0.2) is 18.2 Å². The Hall–Kier alpha value is -1.53. The van der Waals surface area contributed by atoms with Crippen molar-refractivity contribution in [2.45, 2.75) is 25.4 Å². The molecule has 1 amide bonds. The molecule has 1 aromatic carbocycles. The summed E-state index contributed by atoms with van der Waals surface area (Å²) in [6, 6.07) is 3.28. The minimum atomic E-state index is -0.891. The number of carbonyl (C=O) groups excluding carboxylic acids is 1. The number of aliphatic hydroxyl groups is 1. The second kappa shape index (κ2) is 7.47. The van der Waals surface area contributed by atoms with Gasteiger partial charge in [-0.3, -0.25) is 4.79 Å². The molecule has 1 atom stereocenters. The van der Waals surface area contributed by atoms with E-state index in [-0.39, 0.29) is 12.5 Å². The SMILES string of the molecule is O=C(NCC[C@H](O)C1CCOCC1)c1c(F)cccc1F. The van der Waals surface area contributed by atoms with Crippen LogP contribution in [-0.4, -0.2) is 36.9 Å². The predicted octanol–water partition coefficient (Wildman–Crippen LogP) is 1.87. The van der Waals surface area contributed by atoms with Crippen LogP contribution in [0, 0.1) is 17.6 Å². The van der Waals surface area contributed by atoms with Gasteiger partial charge >= 0.3 is 0 Å².